The highest BCUT2D eigenvalue weighted by Gasteiger charge is 2.28. The van der Waals surface area contributed by atoms with Crippen molar-refractivity contribution < 1.29 is 14.3 Å². The van der Waals surface area contributed by atoms with Gasteiger partial charge in [-0.3, -0.25) is 4.79 Å². The second kappa shape index (κ2) is 8.89. The van der Waals surface area contributed by atoms with Crippen molar-refractivity contribution in [2.45, 2.75) is 58.8 Å². The van der Waals surface area contributed by atoms with Crippen molar-refractivity contribution in [3.05, 3.63) is 23.5 Å². The van der Waals surface area contributed by atoms with E-state index in [1.807, 2.05) is 19.1 Å². The van der Waals surface area contributed by atoms with Crippen LogP contribution in [0.25, 0.3) is 10.4 Å². The lowest BCUT2D eigenvalue weighted by molar-refractivity contribution is -0.127. The van der Waals surface area contributed by atoms with Crippen LogP contribution in [0, 0.1) is 12.8 Å². The lowest BCUT2D eigenvalue weighted by Gasteiger charge is -2.35. The van der Waals surface area contributed by atoms with Crippen molar-refractivity contribution in [2.75, 3.05) is 25.1 Å². The molecule has 8 heteroatoms. The molecular weight excluding hydrogens is 400 g/mol. The van der Waals surface area contributed by atoms with Crippen LogP contribution in [0.5, 0.6) is 5.88 Å². The van der Waals surface area contributed by atoms with Crippen LogP contribution in [0.15, 0.2) is 12.1 Å². The molecule has 2 aliphatic rings. The summed E-state index contributed by atoms with van der Waals surface area (Å²) in [5.41, 5.74) is 2.80. The summed E-state index contributed by atoms with van der Waals surface area (Å²) in [7, 11) is 1.62. The molecule has 162 valence electrons. The van der Waals surface area contributed by atoms with Gasteiger partial charge in [-0.1, -0.05) is 17.8 Å². The third-order valence-corrected chi connectivity index (χ3v) is 6.89. The zero-order valence-corrected chi connectivity index (χ0v) is 18.9. The minimum atomic E-state index is 0.138. The minimum Gasteiger partial charge on any atom is -0.481 e. The summed E-state index contributed by atoms with van der Waals surface area (Å²) in [5, 5.41) is 4.07. The Bertz CT molecular complexity index is 902. The Morgan fingerprint density at radius 3 is 2.63 bits per heavy atom. The fourth-order valence-corrected chi connectivity index (χ4v) is 5.10. The first-order chi connectivity index (χ1) is 14.4. The first-order valence-electron chi connectivity index (χ1n) is 10.6. The van der Waals surface area contributed by atoms with E-state index in [9.17, 15) is 4.79 Å². The number of carbonyl (C=O) groups excluding carboxylic acids is 1. The van der Waals surface area contributed by atoms with Crippen LogP contribution >= 0.6 is 11.3 Å². The van der Waals surface area contributed by atoms with Crippen LogP contribution in [0.1, 0.15) is 44.5 Å². The number of aryl methyl sites for hydroxylation is 1. The van der Waals surface area contributed by atoms with Crippen molar-refractivity contribution in [3.8, 4) is 16.3 Å². The van der Waals surface area contributed by atoms with E-state index >= 15 is 0 Å². The Balaban J connectivity index is 1.64. The Hall–Kier alpha value is -2.19. The third kappa shape index (κ3) is 4.59. The summed E-state index contributed by atoms with van der Waals surface area (Å²) in [5.74, 6) is 0.882. The van der Waals surface area contributed by atoms with E-state index < -0.39 is 0 Å². The zero-order chi connectivity index (χ0) is 21.3. The molecule has 2 atom stereocenters. The van der Waals surface area contributed by atoms with E-state index in [4.69, 9.17) is 14.5 Å². The maximum absolute atomic E-state index is 12.4. The van der Waals surface area contributed by atoms with E-state index in [2.05, 4.69) is 29.0 Å². The lowest BCUT2D eigenvalue weighted by Crippen LogP contribution is -2.45. The average molecular weight is 431 g/mol. The number of thiazole rings is 1. The molecule has 30 heavy (non-hydrogen) atoms. The summed E-state index contributed by atoms with van der Waals surface area (Å²) in [6, 6.07) is 3.98. The van der Waals surface area contributed by atoms with Gasteiger partial charge in [0.15, 0.2) is 5.13 Å². The van der Waals surface area contributed by atoms with E-state index in [-0.39, 0.29) is 24.0 Å². The van der Waals surface area contributed by atoms with Crippen molar-refractivity contribution >= 4 is 22.4 Å². The molecule has 3 heterocycles. The molecule has 0 bridgehead atoms. The number of nitrogens with zero attached hydrogens (tertiary/aromatic N) is 3. The largest absolute Gasteiger partial charge is 0.481 e. The van der Waals surface area contributed by atoms with Crippen LogP contribution in [0.3, 0.4) is 0 Å². The maximum atomic E-state index is 12.4. The number of hydrogen-bond donors (Lipinski definition) is 1. The van der Waals surface area contributed by atoms with Gasteiger partial charge in [0.05, 0.1) is 36.4 Å². The van der Waals surface area contributed by atoms with E-state index in [1.165, 1.54) is 0 Å². The fourth-order valence-electron chi connectivity index (χ4n) is 4.01. The lowest BCUT2D eigenvalue weighted by atomic mass is 9.85. The fraction of sp³-hybridized carbons (Fsp3) is 0.591. The quantitative estimate of drug-likeness (QED) is 0.755. The molecule has 2 aromatic heterocycles. The van der Waals surface area contributed by atoms with Gasteiger partial charge >= 0.3 is 0 Å². The standard InChI is InChI=1S/C22H30N4O3S/c1-13-8-17(9-19(24-13)28-4)20-18(10-23-21(27)16-6-5-7-16)25-22(30-20)26-11-14(2)29-15(3)12-26/h8-9,14-16H,5-7,10-12H2,1-4H3,(H,23,27)/t14-,15+. The minimum absolute atomic E-state index is 0.138. The summed E-state index contributed by atoms with van der Waals surface area (Å²) in [6.07, 6.45) is 3.45. The molecule has 0 spiro atoms. The topological polar surface area (TPSA) is 76.6 Å². The number of ether oxygens (including phenoxy) is 2. The Kier molecular flexibility index (Phi) is 6.24. The van der Waals surface area contributed by atoms with Gasteiger partial charge < -0.3 is 19.7 Å². The molecule has 7 nitrogen and oxygen atoms in total. The monoisotopic (exact) mass is 430 g/mol. The summed E-state index contributed by atoms with van der Waals surface area (Å²) in [6.45, 7) is 8.19. The van der Waals surface area contributed by atoms with Crippen molar-refractivity contribution in [1.29, 1.82) is 0 Å². The molecule has 0 aromatic carbocycles. The molecule has 4 rings (SSSR count). The van der Waals surface area contributed by atoms with Gasteiger partial charge in [0.25, 0.3) is 0 Å². The number of pyridine rings is 1. The van der Waals surface area contributed by atoms with Crippen LogP contribution in [0.2, 0.25) is 0 Å². The summed E-state index contributed by atoms with van der Waals surface area (Å²) >= 11 is 1.66. The van der Waals surface area contributed by atoms with Crippen LogP contribution in [0.4, 0.5) is 5.13 Å². The van der Waals surface area contributed by atoms with Gasteiger partial charge in [-0.05, 0) is 39.7 Å². The van der Waals surface area contributed by atoms with Crippen LogP contribution < -0.4 is 15.0 Å². The van der Waals surface area contributed by atoms with Crippen molar-refractivity contribution in [1.82, 2.24) is 15.3 Å². The smallest absolute Gasteiger partial charge is 0.223 e. The Morgan fingerprint density at radius 1 is 1.27 bits per heavy atom. The number of amides is 1. The Labute approximate surface area is 181 Å². The van der Waals surface area contributed by atoms with Crippen LogP contribution in [-0.4, -0.2) is 48.3 Å². The number of methoxy groups -OCH3 is 1. The molecule has 2 aromatic rings. The molecule has 1 saturated heterocycles. The number of morpholine rings is 1. The summed E-state index contributed by atoms with van der Waals surface area (Å²) in [4.78, 5) is 25.1. The number of nitrogens with one attached hydrogen (secondary N) is 1. The van der Waals surface area contributed by atoms with E-state index in [1.54, 1.807) is 18.4 Å². The highest BCUT2D eigenvalue weighted by atomic mass is 32.1. The zero-order valence-electron chi connectivity index (χ0n) is 18.1. The van der Waals surface area contributed by atoms with Gasteiger partial charge in [0, 0.05) is 36.3 Å². The van der Waals surface area contributed by atoms with Crippen molar-refractivity contribution in [3.63, 3.8) is 0 Å². The molecular formula is C22H30N4O3S. The second-order valence-corrected chi connectivity index (χ2v) is 9.30. The first-order valence-corrected chi connectivity index (χ1v) is 11.5. The van der Waals surface area contributed by atoms with Gasteiger partial charge in [0.1, 0.15) is 0 Å². The molecule has 1 amide bonds. The molecule has 0 radical (unpaired) electrons. The van der Waals surface area contributed by atoms with E-state index in [0.717, 1.165) is 59.3 Å². The summed E-state index contributed by atoms with van der Waals surface area (Å²) < 4.78 is 11.3. The highest BCUT2D eigenvalue weighted by Crippen LogP contribution is 2.37. The van der Waals surface area contributed by atoms with Gasteiger partial charge in [-0.25, -0.2) is 9.97 Å². The maximum Gasteiger partial charge on any atom is 0.223 e. The SMILES string of the molecule is COc1cc(-c2sc(N3C[C@@H](C)O[C@@H](C)C3)nc2CNC(=O)C2CCC2)cc(C)n1. The predicted molar refractivity (Wildman–Crippen MR) is 118 cm³/mol. The van der Waals surface area contributed by atoms with Gasteiger partial charge in [0.2, 0.25) is 11.8 Å². The Morgan fingerprint density at radius 2 is 2.00 bits per heavy atom. The highest BCUT2D eigenvalue weighted by molar-refractivity contribution is 7.19. The number of rotatable bonds is 6. The van der Waals surface area contributed by atoms with Gasteiger partial charge in [-0.15, -0.1) is 0 Å². The third-order valence-electron chi connectivity index (χ3n) is 5.68. The number of carbonyl (C=O) groups is 1. The van der Waals surface area contributed by atoms with Gasteiger partial charge in [-0.2, -0.15) is 0 Å². The molecule has 2 fully saturated rings. The average Bonchev–Trinajstić information content (AvgIpc) is 3.08. The van der Waals surface area contributed by atoms with Crippen LogP contribution in [-0.2, 0) is 16.1 Å². The number of anilines is 1. The number of aromatic nitrogens is 2. The first kappa shape index (κ1) is 21.1. The molecule has 1 N–H and O–H groups in total. The molecule has 1 aliphatic carbocycles. The predicted octanol–water partition coefficient (Wildman–Crippen LogP) is 3.55. The number of hydrogen-bond acceptors (Lipinski definition) is 7. The second-order valence-electron chi connectivity index (χ2n) is 8.32. The van der Waals surface area contributed by atoms with Crippen molar-refractivity contribution in [2.24, 2.45) is 5.92 Å². The molecule has 1 saturated carbocycles. The molecule has 1 aliphatic heterocycles. The van der Waals surface area contributed by atoms with E-state index in [0.29, 0.717) is 12.4 Å². The molecule has 0 unspecified atom stereocenters. The normalized spacial score (nSPS) is 21.9.